The minimum atomic E-state index is -0.879. The Kier molecular flexibility index (Phi) is 3.24. The van der Waals surface area contributed by atoms with Gasteiger partial charge in [0.05, 0.1) is 0 Å². The van der Waals surface area contributed by atoms with Crippen molar-refractivity contribution in [3.05, 3.63) is 59.2 Å². The van der Waals surface area contributed by atoms with Crippen LogP contribution in [-0.2, 0) is 0 Å². The Labute approximate surface area is 104 Å². The van der Waals surface area contributed by atoms with E-state index >= 15 is 0 Å². The molecule has 1 nitrogen and oxygen atoms in total. The molecule has 0 aliphatic rings. The van der Waals surface area contributed by atoms with Gasteiger partial charge in [-0.3, -0.25) is 4.79 Å². The summed E-state index contributed by atoms with van der Waals surface area (Å²) in [5.74, 6) is -1.83. The van der Waals surface area contributed by atoms with E-state index in [-0.39, 0.29) is 16.9 Å². The highest BCUT2D eigenvalue weighted by molar-refractivity contribution is 5.95. The van der Waals surface area contributed by atoms with Crippen molar-refractivity contribution in [3.63, 3.8) is 0 Å². The van der Waals surface area contributed by atoms with Gasteiger partial charge in [-0.25, -0.2) is 8.78 Å². The molecule has 2 aromatic rings. The zero-order valence-electron chi connectivity index (χ0n) is 10.1. The lowest BCUT2D eigenvalue weighted by molar-refractivity contribution is 0.101. The predicted octanol–water partition coefficient (Wildman–Crippen LogP) is 4.14. The molecular formula is C15H12F2O. The second-order valence-corrected chi connectivity index (χ2v) is 4.19. The van der Waals surface area contributed by atoms with Gasteiger partial charge in [0.1, 0.15) is 0 Å². The first-order valence-electron chi connectivity index (χ1n) is 5.56. The number of halogens is 2. The van der Waals surface area contributed by atoms with Crippen molar-refractivity contribution in [1.82, 2.24) is 0 Å². The van der Waals surface area contributed by atoms with Crippen LogP contribution in [0.3, 0.4) is 0 Å². The van der Waals surface area contributed by atoms with E-state index in [1.54, 1.807) is 24.3 Å². The highest BCUT2D eigenvalue weighted by Gasteiger charge is 2.13. The molecule has 0 saturated carbocycles. The summed E-state index contributed by atoms with van der Waals surface area (Å²) in [5.41, 5.74) is 1.41. The van der Waals surface area contributed by atoms with Crippen LogP contribution in [0.1, 0.15) is 22.8 Å². The molecule has 0 saturated heterocycles. The lowest BCUT2D eigenvalue weighted by Gasteiger charge is -2.07. The fourth-order valence-corrected chi connectivity index (χ4v) is 1.77. The maximum absolute atomic E-state index is 13.8. The van der Waals surface area contributed by atoms with Crippen LogP contribution in [0.2, 0.25) is 0 Å². The SMILES string of the molecule is CC(=O)c1cccc(-c2ccc(C)c(F)c2F)c1. The van der Waals surface area contributed by atoms with Gasteiger partial charge in [0.25, 0.3) is 0 Å². The molecule has 2 aromatic carbocycles. The number of ketones is 1. The van der Waals surface area contributed by atoms with Crippen molar-refractivity contribution in [1.29, 1.82) is 0 Å². The average molecular weight is 246 g/mol. The van der Waals surface area contributed by atoms with Crippen LogP contribution < -0.4 is 0 Å². The Morgan fingerprint density at radius 3 is 2.44 bits per heavy atom. The first-order valence-corrected chi connectivity index (χ1v) is 5.56. The van der Waals surface area contributed by atoms with E-state index in [1.807, 2.05) is 0 Å². The van der Waals surface area contributed by atoms with Crippen molar-refractivity contribution < 1.29 is 13.6 Å². The van der Waals surface area contributed by atoms with Crippen molar-refractivity contribution in [2.75, 3.05) is 0 Å². The Hall–Kier alpha value is -2.03. The molecule has 0 aliphatic carbocycles. The molecule has 0 fully saturated rings. The van der Waals surface area contributed by atoms with Crippen LogP contribution in [0.15, 0.2) is 36.4 Å². The van der Waals surface area contributed by atoms with Crippen LogP contribution >= 0.6 is 0 Å². The van der Waals surface area contributed by atoms with Gasteiger partial charge in [-0.05, 0) is 31.0 Å². The zero-order valence-corrected chi connectivity index (χ0v) is 10.1. The highest BCUT2D eigenvalue weighted by atomic mass is 19.2. The number of hydrogen-bond acceptors (Lipinski definition) is 1. The second kappa shape index (κ2) is 4.69. The number of hydrogen-bond donors (Lipinski definition) is 0. The van der Waals surface area contributed by atoms with E-state index in [0.29, 0.717) is 11.1 Å². The van der Waals surface area contributed by atoms with Crippen LogP contribution in [-0.4, -0.2) is 5.78 Å². The van der Waals surface area contributed by atoms with E-state index in [1.165, 1.54) is 26.0 Å². The number of carbonyl (C=O) groups is 1. The fraction of sp³-hybridized carbons (Fsp3) is 0.133. The quantitative estimate of drug-likeness (QED) is 0.728. The van der Waals surface area contributed by atoms with Crippen LogP contribution in [0.4, 0.5) is 8.78 Å². The summed E-state index contributed by atoms with van der Waals surface area (Å²) < 4.78 is 27.3. The summed E-state index contributed by atoms with van der Waals surface area (Å²) in [7, 11) is 0. The standard InChI is InChI=1S/C15H12F2O/c1-9-6-7-13(15(17)14(9)16)12-5-3-4-11(8-12)10(2)18/h3-8H,1-2H3. The molecular weight excluding hydrogens is 234 g/mol. The van der Waals surface area contributed by atoms with Crippen molar-refractivity contribution >= 4 is 5.78 Å². The first kappa shape index (κ1) is 12.4. The normalized spacial score (nSPS) is 10.4. The third-order valence-corrected chi connectivity index (χ3v) is 2.86. The van der Waals surface area contributed by atoms with Gasteiger partial charge in [-0.2, -0.15) is 0 Å². The maximum Gasteiger partial charge on any atom is 0.166 e. The zero-order chi connectivity index (χ0) is 13.3. The lowest BCUT2D eigenvalue weighted by atomic mass is 10.00. The summed E-state index contributed by atoms with van der Waals surface area (Å²) in [4.78, 5) is 11.3. The smallest absolute Gasteiger partial charge is 0.166 e. The Morgan fingerprint density at radius 2 is 1.78 bits per heavy atom. The minimum absolute atomic E-state index is 0.107. The molecule has 0 amide bonds. The van der Waals surface area contributed by atoms with Crippen molar-refractivity contribution in [3.8, 4) is 11.1 Å². The molecule has 0 radical (unpaired) electrons. The third kappa shape index (κ3) is 2.16. The predicted molar refractivity (Wildman–Crippen MR) is 66.5 cm³/mol. The van der Waals surface area contributed by atoms with Gasteiger partial charge >= 0.3 is 0 Å². The number of carbonyl (C=O) groups excluding carboxylic acids is 1. The van der Waals surface area contributed by atoms with E-state index < -0.39 is 11.6 Å². The van der Waals surface area contributed by atoms with E-state index in [4.69, 9.17) is 0 Å². The molecule has 0 aliphatic heterocycles. The average Bonchev–Trinajstić information content (AvgIpc) is 2.36. The molecule has 0 unspecified atom stereocenters. The molecule has 0 heterocycles. The van der Waals surface area contributed by atoms with Crippen molar-refractivity contribution in [2.45, 2.75) is 13.8 Å². The van der Waals surface area contributed by atoms with Crippen LogP contribution in [0.25, 0.3) is 11.1 Å². The summed E-state index contributed by atoms with van der Waals surface area (Å²) in [6.45, 7) is 2.94. The first-order chi connectivity index (χ1) is 8.50. The van der Waals surface area contributed by atoms with E-state index in [9.17, 15) is 13.6 Å². The topological polar surface area (TPSA) is 17.1 Å². The highest BCUT2D eigenvalue weighted by Crippen LogP contribution is 2.26. The largest absolute Gasteiger partial charge is 0.295 e. The Morgan fingerprint density at radius 1 is 1.06 bits per heavy atom. The van der Waals surface area contributed by atoms with Gasteiger partial charge < -0.3 is 0 Å². The van der Waals surface area contributed by atoms with Gasteiger partial charge in [-0.1, -0.05) is 30.3 Å². The summed E-state index contributed by atoms with van der Waals surface area (Å²) in [5, 5.41) is 0. The molecule has 2 rings (SSSR count). The summed E-state index contributed by atoms with van der Waals surface area (Å²) >= 11 is 0. The minimum Gasteiger partial charge on any atom is -0.295 e. The van der Waals surface area contributed by atoms with E-state index in [2.05, 4.69) is 0 Å². The second-order valence-electron chi connectivity index (χ2n) is 4.19. The Bertz CT molecular complexity index is 618. The molecule has 3 heteroatoms. The molecule has 0 bridgehead atoms. The molecule has 92 valence electrons. The number of aryl methyl sites for hydroxylation is 1. The molecule has 0 atom stereocenters. The molecule has 0 spiro atoms. The lowest BCUT2D eigenvalue weighted by Crippen LogP contribution is -1.95. The van der Waals surface area contributed by atoms with Gasteiger partial charge in [0, 0.05) is 11.1 Å². The monoisotopic (exact) mass is 246 g/mol. The number of benzene rings is 2. The summed E-state index contributed by atoms with van der Waals surface area (Å²) in [6.07, 6.45) is 0. The van der Waals surface area contributed by atoms with E-state index in [0.717, 1.165) is 0 Å². The number of Topliss-reactive ketones (excluding diaryl/α,β-unsaturated/α-hetero) is 1. The third-order valence-electron chi connectivity index (χ3n) is 2.86. The summed E-state index contributed by atoms with van der Waals surface area (Å²) in [6, 6.07) is 9.56. The van der Waals surface area contributed by atoms with Crippen molar-refractivity contribution in [2.24, 2.45) is 0 Å². The molecule has 0 aromatic heterocycles. The number of rotatable bonds is 2. The molecule has 0 N–H and O–H groups in total. The Balaban J connectivity index is 2.59. The van der Waals surface area contributed by atoms with Crippen LogP contribution in [0, 0.1) is 18.6 Å². The van der Waals surface area contributed by atoms with Gasteiger partial charge in [0.15, 0.2) is 17.4 Å². The molecule has 18 heavy (non-hydrogen) atoms. The fourth-order valence-electron chi connectivity index (χ4n) is 1.77. The van der Waals surface area contributed by atoms with Gasteiger partial charge in [-0.15, -0.1) is 0 Å². The van der Waals surface area contributed by atoms with Crippen LogP contribution in [0.5, 0.6) is 0 Å². The van der Waals surface area contributed by atoms with Gasteiger partial charge in [0.2, 0.25) is 0 Å². The maximum atomic E-state index is 13.8.